The number of aliphatic carboxylic acids is 1. The monoisotopic (exact) mass is 808 g/mol. The Labute approximate surface area is 337 Å². The van der Waals surface area contributed by atoms with E-state index in [1.807, 2.05) is 13.0 Å². The lowest BCUT2D eigenvalue weighted by molar-refractivity contribution is -0.145. The van der Waals surface area contributed by atoms with Gasteiger partial charge in [-0.05, 0) is 80.9 Å². The van der Waals surface area contributed by atoms with Crippen molar-refractivity contribution < 1.29 is 43.2 Å². The summed E-state index contributed by atoms with van der Waals surface area (Å²) in [7, 11) is 0. The number of carbonyl (C=O) groups excluding carboxylic acids is 3. The number of hydrogen-bond donors (Lipinski definition) is 4. The first-order chi connectivity index (χ1) is 27.4. The highest BCUT2D eigenvalue weighted by atomic mass is 35.5. The van der Waals surface area contributed by atoms with Crippen molar-refractivity contribution >= 4 is 52.2 Å². The van der Waals surface area contributed by atoms with Gasteiger partial charge in [-0.1, -0.05) is 31.5 Å². The van der Waals surface area contributed by atoms with Crippen molar-refractivity contribution in [2.24, 2.45) is 17.8 Å². The van der Waals surface area contributed by atoms with Crippen molar-refractivity contribution in [2.75, 3.05) is 51.3 Å². The van der Waals surface area contributed by atoms with Gasteiger partial charge in [0, 0.05) is 43.5 Å². The van der Waals surface area contributed by atoms with E-state index >= 15 is 0 Å². The molecule has 1 aromatic carbocycles. The summed E-state index contributed by atoms with van der Waals surface area (Å²) in [6, 6.07) is 3.42. The van der Waals surface area contributed by atoms with Crippen molar-refractivity contribution in [1.29, 1.82) is 0 Å². The lowest BCUT2D eigenvalue weighted by Gasteiger charge is -2.29. The number of nitrogens with zero attached hydrogens (tertiary/aromatic N) is 3. The van der Waals surface area contributed by atoms with Crippen molar-refractivity contribution in [3.8, 4) is 11.5 Å². The molecule has 1 aromatic heterocycles. The molecule has 2 aliphatic heterocycles. The molecule has 3 amide bonds. The standard InChI is InChI=1S/C41H53ClN6O9/c1-4-25-20-41(25,39(51)52)46-37(49)30-18-28(21-48(30)38(50)35(22(2)3)45-40(53)57-27-16-23-15-24(23)17-27)56-32-19-33(43-26-5-6-26)44-36-29(32)7-8-31(34(36)42)55-14-11-47-9-12-54-13-10-47/h7-8,19,23-28,30,35H,2,4-6,9-18,20-21H2,1,3H3,(H,43,44)(H,45,53)(H,46,49)(H,51,52)/t23-,24+,25-,27+,28-,30+,35+,41-/m1/s1. The number of aromatic nitrogens is 1. The molecule has 8 rings (SSSR count). The van der Waals surface area contributed by atoms with Gasteiger partial charge in [0.2, 0.25) is 11.8 Å². The maximum Gasteiger partial charge on any atom is 0.408 e. The number of amides is 3. The summed E-state index contributed by atoms with van der Waals surface area (Å²) in [5, 5.41) is 20.0. The summed E-state index contributed by atoms with van der Waals surface area (Å²) in [4.78, 5) is 62.5. The Morgan fingerprint density at radius 1 is 1.09 bits per heavy atom. The molecule has 8 atom stereocenters. The minimum Gasteiger partial charge on any atom is -0.491 e. The molecule has 6 fully saturated rings. The number of benzene rings is 1. The number of carbonyl (C=O) groups is 4. The smallest absolute Gasteiger partial charge is 0.408 e. The molecule has 0 radical (unpaired) electrons. The summed E-state index contributed by atoms with van der Waals surface area (Å²) in [5.41, 5.74) is -0.562. The molecule has 0 bridgehead atoms. The molecule has 2 saturated heterocycles. The number of carboxylic acids is 1. The van der Waals surface area contributed by atoms with Gasteiger partial charge in [0.25, 0.3) is 0 Å². The number of halogens is 1. The van der Waals surface area contributed by atoms with Crippen LogP contribution in [-0.2, 0) is 23.9 Å². The van der Waals surface area contributed by atoms with Crippen LogP contribution in [0.3, 0.4) is 0 Å². The number of anilines is 1. The van der Waals surface area contributed by atoms with Gasteiger partial charge in [-0.3, -0.25) is 14.5 Å². The fourth-order valence-corrected chi connectivity index (χ4v) is 9.07. The molecule has 2 aromatic rings. The van der Waals surface area contributed by atoms with Crippen LogP contribution in [-0.4, -0.2) is 126 Å². The van der Waals surface area contributed by atoms with E-state index in [0.29, 0.717) is 83.3 Å². The summed E-state index contributed by atoms with van der Waals surface area (Å²) in [6.07, 6.45) is 4.15. The second-order valence-corrected chi connectivity index (χ2v) is 17.1. The van der Waals surface area contributed by atoms with Crippen LogP contribution in [0.5, 0.6) is 11.5 Å². The number of carboxylic acid groups (broad SMARTS) is 1. The minimum absolute atomic E-state index is 0.0215. The van der Waals surface area contributed by atoms with Crippen molar-refractivity contribution in [3.05, 3.63) is 35.4 Å². The highest BCUT2D eigenvalue weighted by Crippen LogP contribution is 2.52. The number of ether oxygens (including phenoxy) is 4. The van der Waals surface area contributed by atoms with E-state index < -0.39 is 47.6 Å². The van der Waals surface area contributed by atoms with Crippen molar-refractivity contribution in [1.82, 2.24) is 25.4 Å². The lowest BCUT2D eigenvalue weighted by Crippen LogP contribution is -2.56. The average molecular weight is 809 g/mol. The zero-order valence-electron chi connectivity index (χ0n) is 32.6. The van der Waals surface area contributed by atoms with Crippen LogP contribution in [0, 0.1) is 17.8 Å². The summed E-state index contributed by atoms with van der Waals surface area (Å²) >= 11 is 6.98. The predicted molar refractivity (Wildman–Crippen MR) is 210 cm³/mol. The second kappa shape index (κ2) is 16.1. The van der Waals surface area contributed by atoms with E-state index in [1.54, 1.807) is 19.1 Å². The molecule has 308 valence electrons. The number of pyridine rings is 1. The summed E-state index contributed by atoms with van der Waals surface area (Å²) in [5.74, 6) is 0.218. The number of rotatable bonds is 16. The Hall–Kier alpha value is -4.34. The molecule has 6 aliphatic rings. The zero-order valence-corrected chi connectivity index (χ0v) is 33.4. The summed E-state index contributed by atoms with van der Waals surface area (Å²) < 4.78 is 24.0. The molecule has 16 heteroatoms. The Kier molecular flexibility index (Phi) is 11.2. The quantitative estimate of drug-likeness (QED) is 0.176. The maximum atomic E-state index is 14.4. The Morgan fingerprint density at radius 3 is 2.51 bits per heavy atom. The highest BCUT2D eigenvalue weighted by Gasteiger charge is 2.61. The Bertz CT molecular complexity index is 1910. The predicted octanol–water partition coefficient (Wildman–Crippen LogP) is 4.36. The molecule has 57 heavy (non-hydrogen) atoms. The van der Waals surface area contributed by atoms with E-state index in [4.69, 9.17) is 35.5 Å². The molecule has 4 aliphatic carbocycles. The van der Waals surface area contributed by atoms with Crippen LogP contribution in [0.25, 0.3) is 10.9 Å². The molecule has 0 unspecified atom stereocenters. The molecule has 15 nitrogen and oxygen atoms in total. The highest BCUT2D eigenvalue weighted by molar-refractivity contribution is 6.36. The van der Waals surface area contributed by atoms with Gasteiger partial charge >= 0.3 is 12.1 Å². The van der Waals surface area contributed by atoms with Crippen LogP contribution < -0.4 is 25.4 Å². The van der Waals surface area contributed by atoms with E-state index in [1.165, 1.54) is 11.3 Å². The van der Waals surface area contributed by atoms with Gasteiger partial charge in [-0.15, -0.1) is 0 Å². The van der Waals surface area contributed by atoms with E-state index in [9.17, 15) is 24.3 Å². The Morgan fingerprint density at radius 2 is 1.84 bits per heavy atom. The molecule has 4 saturated carbocycles. The topological polar surface area (TPSA) is 181 Å². The molecular formula is C41H53ClN6O9. The number of likely N-dealkylation sites (tertiary alicyclic amines) is 1. The van der Waals surface area contributed by atoms with Crippen LogP contribution in [0.4, 0.5) is 10.6 Å². The van der Waals surface area contributed by atoms with Crippen molar-refractivity contribution in [3.63, 3.8) is 0 Å². The van der Waals surface area contributed by atoms with E-state index in [0.717, 1.165) is 45.3 Å². The van der Waals surface area contributed by atoms with Gasteiger partial charge in [-0.25, -0.2) is 14.6 Å². The number of hydrogen-bond acceptors (Lipinski definition) is 11. The van der Waals surface area contributed by atoms with Gasteiger partial charge in [-0.2, -0.15) is 0 Å². The largest absolute Gasteiger partial charge is 0.491 e. The maximum absolute atomic E-state index is 14.4. The third-order valence-corrected chi connectivity index (χ3v) is 12.9. The molecule has 0 spiro atoms. The average Bonchev–Trinajstić information content (AvgIpc) is 4.15. The normalized spacial score (nSPS) is 29.6. The Balaban J connectivity index is 1.03. The molecule has 4 N–H and O–H groups in total. The van der Waals surface area contributed by atoms with E-state index in [-0.39, 0.29) is 31.0 Å². The SMILES string of the molecule is C=C(C)[C@H](NC(=O)O[C@@H]1C[C@@H]2C[C@@H]2C1)C(=O)N1C[C@H](Oc2cc(NC3CC3)nc3c(Cl)c(OCCN4CCOCC4)ccc23)C[C@H]1C(=O)N[C@]1(C(=O)O)C[C@H]1CC. The van der Waals surface area contributed by atoms with Gasteiger partial charge in [0.05, 0.1) is 25.3 Å². The number of alkyl carbamates (subject to hydrolysis) is 1. The zero-order chi connectivity index (χ0) is 40.0. The first-order valence-corrected chi connectivity index (χ1v) is 20.8. The first kappa shape index (κ1) is 39.5. The van der Waals surface area contributed by atoms with E-state index in [2.05, 4.69) is 27.4 Å². The van der Waals surface area contributed by atoms with Gasteiger partial charge in [0.15, 0.2) is 0 Å². The lowest BCUT2D eigenvalue weighted by atomic mass is 10.1. The number of fused-ring (bicyclic) bond motifs is 2. The molecular weight excluding hydrogens is 756 g/mol. The number of nitrogens with one attached hydrogen (secondary N) is 3. The van der Waals surface area contributed by atoms with Crippen LogP contribution in [0.15, 0.2) is 30.4 Å². The van der Waals surface area contributed by atoms with Gasteiger partial charge < -0.3 is 44.9 Å². The third kappa shape index (κ3) is 8.61. The van der Waals surface area contributed by atoms with Crippen molar-refractivity contribution in [2.45, 2.75) is 101 Å². The van der Waals surface area contributed by atoms with Crippen LogP contribution >= 0.6 is 11.6 Å². The third-order valence-electron chi connectivity index (χ3n) is 12.5. The molecule has 3 heterocycles. The minimum atomic E-state index is -1.40. The van der Waals surface area contributed by atoms with Crippen LogP contribution in [0.2, 0.25) is 5.02 Å². The number of morpholine rings is 1. The fourth-order valence-electron chi connectivity index (χ4n) is 8.81. The summed E-state index contributed by atoms with van der Waals surface area (Å²) in [6.45, 7) is 11.7. The van der Waals surface area contributed by atoms with Crippen LogP contribution in [0.1, 0.15) is 65.2 Å². The first-order valence-electron chi connectivity index (χ1n) is 20.4. The second-order valence-electron chi connectivity index (χ2n) is 16.7. The van der Waals surface area contributed by atoms with Gasteiger partial charge in [0.1, 0.15) is 58.8 Å². The fraction of sp³-hybridized carbons (Fsp3) is 0.634.